The van der Waals surface area contributed by atoms with Gasteiger partial charge in [-0.15, -0.1) is 0 Å². The van der Waals surface area contributed by atoms with Crippen molar-refractivity contribution >= 4 is 33.8 Å². The van der Waals surface area contributed by atoms with Gasteiger partial charge in [0.2, 0.25) is 5.78 Å². The summed E-state index contributed by atoms with van der Waals surface area (Å²) < 4.78 is 16.8. The molecule has 2 aromatic carbocycles. The molecule has 0 fully saturated rings. The highest BCUT2D eigenvalue weighted by atomic mass is 79.9. The van der Waals surface area contributed by atoms with Crippen molar-refractivity contribution in [2.45, 2.75) is 6.92 Å². The fourth-order valence-electron chi connectivity index (χ4n) is 2.36. The smallest absolute Gasteiger partial charge is 0.308 e. The van der Waals surface area contributed by atoms with E-state index in [1.54, 1.807) is 31.4 Å². The summed E-state index contributed by atoms with van der Waals surface area (Å²) in [7, 11) is 1.56. The molecule has 1 heterocycles. The number of hydrogen-bond acceptors (Lipinski definition) is 5. The number of esters is 1. The maximum absolute atomic E-state index is 12.5. The van der Waals surface area contributed by atoms with Gasteiger partial charge in [-0.2, -0.15) is 0 Å². The molecular formula is C18H13BrO5. The highest BCUT2D eigenvalue weighted by Crippen LogP contribution is 2.36. The molecule has 0 bridgehead atoms. The number of methoxy groups -OCH3 is 1. The molecule has 0 aliphatic carbocycles. The Hall–Kier alpha value is -2.60. The van der Waals surface area contributed by atoms with Crippen LogP contribution in [0.1, 0.15) is 22.8 Å². The number of carbonyl (C=O) groups is 2. The van der Waals surface area contributed by atoms with E-state index >= 15 is 0 Å². The number of ether oxygens (including phenoxy) is 3. The highest BCUT2D eigenvalue weighted by Gasteiger charge is 2.28. The van der Waals surface area contributed by atoms with Crippen LogP contribution in [0.25, 0.3) is 6.08 Å². The molecule has 0 amide bonds. The van der Waals surface area contributed by atoms with Crippen molar-refractivity contribution in [1.82, 2.24) is 0 Å². The van der Waals surface area contributed by atoms with Gasteiger partial charge in [0, 0.05) is 23.0 Å². The van der Waals surface area contributed by atoms with Crippen LogP contribution in [0.4, 0.5) is 0 Å². The van der Waals surface area contributed by atoms with Crippen molar-refractivity contribution in [2.75, 3.05) is 7.11 Å². The zero-order valence-corrected chi connectivity index (χ0v) is 14.5. The third-order valence-electron chi connectivity index (χ3n) is 3.38. The van der Waals surface area contributed by atoms with Gasteiger partial charge in [-0.05, 0) is 36.4 Å². The summed E-state index contributed by atoms with van der Waals surface area (Å²) in [5.74, 6) is 0.824. The Balaban J connectivity index is 1.96. The van der Waals surface area contributed by atoms with Crippen molar-refractivity contribution in [3.05, 3.63) is 57.8 Å². The lowest BCUT2D eigenvalue weighted by Gasteiger charge is -2.06. The Bertz CT molecular complexity index is 870. The predicted octanol–water partition coefficient (Wildman–Crippen LogP) is 4.00. The summed E-state index contributed by atoms with van der Waals surface area (Å²) in [6.45, 7) is 1.31. The molecular weight excluding hydrogens is 376 g/mol. The first-order valence-corrected chi connectivity index (χ1v) is 7.87. The molecule has 0 unspecified atom stereocenters. The van der Waals surface area contributed by atoms with E-state index in [-0.39, 0.29) is 11.5 Å². The molecule has 0 radical (unpaired) electrons. The lowest BCUT2D eigenvalue weighted by molar-refractivity contribution is -0.131. The molecule has 6 heteroatoms. The van der Waals surface area contributed by atoms with Gasteiger partial charge in [-0.1, -0.05) is 15.9 Å². The third kappa shape index (κ3) is 3.19. The van der Waals surface area contributed by atoms with Crippen LogP contribution in [-0.2, 0) is 4.79 Å². The molecule has 0 spiro atoms. The molecule has 3 rings (SSSR count). The number of benzene rings is 2. The summed E-state index contributed by atoms with van der Waals surface area (Å²) >= 11 is 3.39. The van der Waals surface area contributed by atoms with Crippen molar-refractivity contribution in [3.63, 3.8) is 0 Å². The van der Waals surface area contributed by atoms with E-state index in [1.165, 1.54) is 13.0 Å². The number of allylic oxidation sites excluding steroid dienone is 1. The molecule has 0 saturated heterocycles. The first kappa shape index (κ1) is 16.3. The number of fused-ring (bicyclic) bond motifs is 1. The Morgan fingerprint density at radius 2 is 2.00 bits per heavy atom. The van der Waals surface area contributed by atoms with Crippen molar-refractivity contribution < 1.29 is 23.8 Å². The largest absolute Gasteiger partial charge is 0.496 e. The fourth-order valence-corrected chi connectivity index (χ4v) is 2.73. The molecule has 5 nitrogen and oxygen atoms in total. The van der Waals surface area contributed by atoms with Crippen LogP contribution in [0, 0.1) is 0 Å². The predicted molar refractivity (Wildman–Crippen MR) is 91.4 cm³/mol. The van der Waals surface area contributed by atoms with E-state index in [0.29, 0.717) is 28.4 Å². The maximum Gasteiger partial charge on any atom is 0.308 e. The molecule has 2 aromatic rings. The quantitative estimate of drug-likeness (QED) is 0.451. The van der Waals surface area contributed by atoms with Gasteiger partial charge >= 0.3 is 5.97 Å². The zero-order chi connectivity index (χ0) is 17.3. The third-order valence-corrected chi connectivity index (χ3v) is 3.87. The maximum atomic E-state index is 12.5. The normalized spacial score (nSPS) is 14.3. The topological polar surface area (TPSA) is 61.8 Å². The molecule has 1 aliphatic rings. The molecule has 0 aromatic heterocycles. The van der Waals surface area contributed by atoms with E-state index in [0.717, 1.165) is 4.47 Å². The van der Waals surface area contributed by atoms with Gasteiger partial charge in [-0.25, -0.2) is 0 Å². The monoisotopic (exact) mass is 388 g/mol. The van der Waals surface area contributed by atoms with Gasteiger partial charge in [0.25, 0.3) is 0 Å². The Kier molecular flexibility index (Phi) is 4.40. The summed E-state index contributed by atoms with van der Waals surface area (Å²) in [4.78, 5) is 23.5. The minimum Gasteiger partial charge on any atom is -0.496 e. The molecule has 0 saturated carbocycles. The number of halogens is 1. The van der Waals surface area contributed by atoms with Crippen molar-refractivity contribution in [1.29, 1.82) is 0 Å². The first-order chi connectivity index (χ1) is 11.5. The first-order valence-electron chi connectivity index (χ1n) is 7.08. The molecule has 1 aliphatic heterocycles. The summed E-state index contributed by atoms with van der Waals surface area (Å²) in [5, 5.41) is 0. The summed E-state index contributed by atoms with van der Waals surface area (Å²) in [6, 6.07) is 10.1. The minimum atomic E-state index is -0.436. The van der Waals surface area contributed by atoms with Crippen LogP contribution in [0.15, 0.2) is 46.6 Å². The van der Waals surface area contributed by atoms with Crippen LogP contribution in [-0.4, -0.2) is 18.9 Å². The summed E-state index contributed by atoms with van der Waals surface area (Å²) in [6.07, 6.45) is 1.62. The van der Waals surface area contributed by atoms with Crippen LogP contribution >= 0.6 is 15.9 Å². The van der Waals surface area contributed by atoms with E-state index in [2.05, 4.69) is 15.9 Å². The van der Waals surface area contributed by atoms with Crippen LogP contribution < -0.4 is 14.2 Å². The molecule has 0 atom stereocenters. The van der Waals surface area contributed by atoms with E-state index in [9.17, 15) is 9.59 Å². The highest BCUT2D eigenvalue weighted by molar-refractivity contribution is 9.10. The number of Topliss-reactive ketones (excluding diaryl/α,β-unsaturated/α-hetero) is 1. The van der Waals surface area contributed by atoms with Gasteiger partial charge < -0.3 is 14.2 Å². The lowest BCUT2D eigenvalue weighted by Crippen LogP contribution is -2.01. The molecule has 122 valence electrons. The van der Waals surface area contributed by atoms with Gasteiger partial charge in [0.1, 0.15) is 17.2 Å². The van der Waals surface area contributed by atoms with E-state index in [1.807, 2.05) is 12.1 Å². The average molecular weight is 389 g/mol. The van der Waals surface area contributed by atoms with E-state index < -0.39 is 5.97 Å². The van der Waals surface area contributed by atoms with Gasteiger partial charge in [0.05, 0.1) is 12.7 Å². The van der Waals surface area contributed by atoms with Gasteiger partial charge in [-0.3, -0.25) is 9.59 Å². The van der Waals surface area contributed by atoms with Crippen LogP contribution in [0.2, 0.25) is 0 Å². The number of carbonyl (C=O) groups excluding carboxylic acids is 2. The minimum absolute atomic E-state index is 0.182. The van der Waals surface area contributed by atoms with Crippen LogP contribution in [0.5, 0.6) is 17.2 Å². The van der Waals surface area contributed by atoms with Crippen LogP contribution in [0.3, 0.4) is 0 Å². The average Bonchev–Trinajstić information content (AvgIpc) is 2.83. The summed E-state index contributed by atoms with van der Waals surface area (Å²) in [5.41, 5.74) is 1.13. The lowest BCUT2D eigenvalue weighted by atomic mass is 10.1. The Morgan fingerprint density at radius 3 is 2.71 bits per heavy atom. The second-order valence-corrected chi connectivity index (χ2v) is 5.99. The number of ketones is 1. The second-order valence-electron chi connectivity index (χ2n) is 5.08. The van der Waals surface area contributed by atoms with Gasteiger partial charge in [0.15, 0.2) is 5.76 Å². The second kappa shape index (κ2) is 6.49. The Morgan fingerprint density at radius 1 is 1.21 bits per heavy atom. The van der Waals surface area contributed by atoms with E-state index in [4.69, 9.17) is 14.2 Å². The SMILES string of the molecule is COc1ccc(Br)cc1/C=C1\Oc2cc(OC(C)=O)ccc2C1=O. The zero-order valence-electron chi connectivity index (χ0n) is 13.0. The van der Waals surface area contributed by atoms with Crippen molar-refractivity contribution in [2.24, 2.45) is 0 Å². The fraction of sp³-hybridized carbons (Fsp3) is 0.111. The molecule has 24 heavy (non-hydrogen) atoms. The number of rotatable bonds is 3. The standard InChI is InChI=1S/C18H13BrO5/c1-10(20)23-13-4-5-14-16(9-13)24-17(18(14)21)8-11-7-12(19)3-6-15(11)22-2/h3-9H,1-2H3/b17-8-. The number of hydrogen-bond donors (Lipinski definition) is 0. The Labute approximate surface area is 147 Å². The molecule has 0 N–H and O–H groups in total. The van der Waals surface area contributed by atoms with Crippen molar-refractivity contribution in [3.8, 4) is 17.2 Å².